The van der Waals surface area contributed by atoms with Crippen LogP contribution in [0.1, 0.15) is 43.4 Å². The number of nitrogens with two attached hydrogens (primary N) is 2. The minimum absolute atomic E-state index is 0.853. The van der Waals surface area contributed by atoms with Gasteiger partial charge in [0.15, 0.2) is 0 Å². The van der Waals surface area contributed by atoms with E-state index in [0.29, 0.717) is 0 Å². The van der Waals surface area contributed by atoms with Crippen LogP contribution >= 0.6 is 0 Å². The average molecular weight is 206 g/mol. The van der Waals surface area contributed by atoms with Crippen LogP contribution < -0.4 is 11.5 Å². The van der Waals surface area contributed by atoms with Gasteiger partial charge < -0.3 is 11.5 Å². The number of rotatable bonds is 4. The molecule has 2 heteroatoms. The highest BCUT2D eigenvalue weighted by atomic mass is 14.6. The highest BCUT2D eigenvalue weighted by molar-refractivity contribution is 5.65. The lowest BCUT2D eigenvalue weighted by Crippen LogP contribution is -2.05. The molecule has 0 atom stereocenters. The number of hydrogen-bond donors (Lipinski definition) is 2. The molecule has 15 heavy (non-hydrogen) atoms. The summed E-state index contributed by atoms with van der Waals surface area (Å²) in [4.78, 5) is 0. The summed E-state index contributed by atoms with van der Waals surface area (Å²) in [6, 6.07) is 1.92. The molecular weight excluding hydrogens is 184 g/mol. The monoisotopic (exact) mass is 206 g/mol. The molecule has 0 aliphatic heterocycles. The predicted molar refractivity (Wildman–Crippen MR) is 68.0 cm³/mol. The zero-order valence-corrected chi connectivity index (χ0v) is 10.1. The van der Waals surface area contributed by atoms with Crippen LogP contribution in [0.25, 0.3) is 0 Å². The van der Waals surface area contributed by atoms with Crippen molar-refractivity contribution in [2.24, 2.45) is 0 Å². The van der Waals surface area contributed by atoms with Crippen LogP contribution in [-0.2, 0) is 12.8 Å². The quantitative estimate of drug-likeness (QED) is 0.744. The standard InChI is InChI=1S/C13H22N2/c1-4-6-10-9(3)11(7-5-2)13(15)8-12(10)14/h8H,4-7,14-15H2,1-3H3. The normalized spacial score (nSPS) is 10.6. The predicted octanol–water partition coefficient (Wildman–Crippen LogP) is 3.06. The van der Waals surface area contributed by atoms with E-state index in [9.17, 15) is 0 Å². The molecule has 0 saturated heterocycles. The number of hydrogen-bond acceptors (Lipinski definition) is 2. The van der Waals surface area contributed by atoms with E-state index in [1.807, 2.05) is 6.07 Å². The molecule has 84 valence electrons. The van der Waals surface area contributed by atoms with E-state index in [1.165, 1.54) is 16.7 Å². The molecule has 1 rings (SSSR count). The van der Waals surface area contributed by atoms with Gasteiger partial charge in [-0.1, -0.05) is 26.7 Å². The van der Waals surface area contributed by atoms with Crippen LogP contribution in [0.4, 0.5) is 11.4 Å². The van der Waals surface area contributed by atoms with Crippen molar-refractivity contribution < 1.29 is 0 Å². The highest BCUT2D eigenvalue weighted by Gasteiger charge is 2.10. The second-order valence-electron chi connectivity index (χ2n) is 4.14. The Morgan fingerprint density at radius 3 is 1.67 bits per heavy atom. The lowest BCUT2D eigenvalue weighted by Gasteiger charge is -2.16. The van der Waals surface area contributed by atoms with Crippen LogP contribution in [0, 0.1) is 6.92 Å². The minimum atomic E-state index is 0.853. The zero-order valence-electron chi connectivity index (χ0n) is 10.1. The van der Waals surface area contributed by atoms with Gasteiger partial charge in [-0.2, -0.15) is 0 Å². The second-order valence-corrected chi connectivity index (χ2v) is 4.14. The Morgan fingerprint density at radius 1 is 0.933 bits per heavy atom. The van der Waals surface area contributed by atoms with Crippen LogP contribution in [-0.4, -0.2) is 0 Å². The van der Waals surface area contributed by atoms with Crippen molar-refractivity contribution >= 4 is 11.4 Å². The van der Waals surface area contributed by atoms with Crippen molar-refractivity contribution in [3.63, 3.8) is 0 Å². The molecule has 0 aliphatic rings. The maximum Gasteiger partial charge on any atom is 0.0370 e. The topological polar surface area (TPSA) is 52.0 Å². The fourth-order valence-electron chi connectivity index (χ4n) is 2.12. The van der Waals surface area contributed by atoms with Crippen LogP contribution in [0.3, 0.4) is 0 Å². The molecule has 1 aromatic carbocycles. The Morgan fingerprint density at radius 2 is 1.33 bits per heavy atom. The highest BCUT2D eigenvalue weighted by Crippen LogP contribution is 2.28. The molecule has 2 nitrogen and oxygen atoms in total. The van der Waals surface area contributed by atoms with Gasteiger partial charge in [-0.05, 0) is 42.5 Å². The molecule has 0 fully saturated rings. The molecule has 0 heterocycles. The van der Waals surface area contributed by atoms with E-state index in [-0.39, 0.29) is 0 Å². The summed E-state index contributed by atoms with van der Waals surface area (Å²) >= 11 is 0. The number of anilines is 2. The summed E-state index contributed by atoms with van der Waals surface area (Å²) < 4.78 is 0. The molecule has 0 aromatic heterocycles. The van der Waals surface area contributed by atoms with Gasteiger partial charge >= 0.3 is 0 Å². The second kappa shape index (κ2) is 5.06. The first-order valence-corrected chi connectivity index (χ1v) is 5.78. The minimum Gasteiger partial charge on any atom is -0.398 e. The van der Waals surface area contributed by atoms with Gasteiger partial charge in [-0.25, -0.2) is 0 Å². The maximum absolute atomic E-state index is 5.99. The van der Waals surface area contributed by atoms with Gasteiger partial charge in [0.05, 0.1) is 0 Å². The zero-order chi connectivity index (χ0) is 11.4. The maximum atomic E-state index is 5.99. The lowest BCUT2D eigenvalue weighted by atomic mass is 9.93. The molecule has 0 unspecified atom stereocenters. The van der Waals surface area contributed by atoms with Crippen molar-refractivity contribution in [1.82, 2.24) is 0 Å². The average Bonchev–Trinajstić information content (AvgIpc) is 2.19. The third-order valence-electron chi connectivity index (χ3n) is 2.91. The smallest absolute Gasteiger partial charge is 0.0370 e. The number of nitrogen functional groups attached to an aromatic ring is 2. The first-order valence-electron chi connectivity index (χ1n) is 5.78. The van der Waals surface area contributed by atoms with E-state index < -0.39 is 0 Å². The van der Waals surface area contributed by atoms with Crippen molar-refractivity contribution in [3.05, 3.63) is 22.8 Å². The summed E-state index contributed by atoms with van der Waals surface area (Å²) in [6.45, 7) is 6.49. The summed E-state index contributed by atoms with van der Waals surface area (Å²) in [5.74, 6) is 0. The Balaban J connectivity index is 3.22. The van der Waals surface area contributed by atoms with Gasteiger partial charge in [0.2, 0.25) is 0 Å². The van der Waals surface area contributed by atoms with E-state index in [4.69, 9.17) is 11.5 Å². The lowest BCUT2D eigenvalue weighted by molar-refractivity contribution is 0.884. The first-order chi connectivity index (χ1) is 7.11. The Labute approximate surface area is 92.7 Å². The number of benzene rings is 1. The third-order valence-corrected chi connectivity index (χ3v) is 2.91. The van der Waals surface area contributed by atoms with Crippen LogP contribution in [0.2, 0.25) is 0 Å². The van der Waals surface area contributed by atoms with Gasteiger partial charge in [-0.3, -0.25) is 0 Å². The van der Waals surface area contributed by atoms with Gasteiger partial charge in [0.25, 0.3) is 0 Å². The van der Waals surface area contributed by atoms with Gasteiger partial charge in [-0.15, -0.1) is 0 Å². The third kappa shape index (κ3) is 2.44. The molecule has 0 amide bonds. The fraction of sp³-hybridized carbons (Fsp3) is 0.538. The molecule has 4 N–H and O–H groups in total. The fourth-order valence-corrected chi connectivity index (χ4v) is 2.12. The Kier molecular flexibility index (Phi) is 4.01. The molecule has 1 aromatic rings. The Hall–Kier alpha value is -1.18. The molecule has 0 radical (unpaired) electrons. The summed E-state index contributed by atoms with van der Waals surface area (Å²) in [5.41, 5.74) is 17.6. The molecule has 0 aliphatic carbocycles. The van der Waals surface area contributed by atoms with Gasteiger partial charge in [0, 0.05) is 11.4 Å². The van der Waals surface area contributed by atoms with E-state index in [0.717, 1.165) is 37.1 Å². The van der Waals surface area contributed by atoms with Crippen molar-refractivity contribution in [1.29, 1.82) is 0 Å². The summed E-state index contributed by atoms with van der Waals surface area (Å²) in [7, 11) is 0. The van der Waals surface area contributed by atoms with Crippen LogP contribution in [0.15, 0.2) is 6.07 Å². The van der Waals surface area contributed by atoms with Gasteiger partial charge in [0.1, 0.15) is 0 Å². The Bertz CT molecular complexity index is 313. The largest absolute Gasteiger partial charge is 0.398 e. The summed E-state index contributed by atoms with van der Waals surface area (Å²) in [5, 5.41) is 0. The first kappa shape index (κ1) is 11.9. The molecule has 0 bridgehead atoms. The van der Waals surface area contributed by atoms with E-state index >= 15 is 0 Å². The molecule has 0 spiro atoms. The molecular formula is C13H22N2. The van der Waals surface area contributed by atoms with Crippen molar-refractivity contribution in [3.8, 4) is 0 Å². The van der Waals surface area contributed by atoms with Crippen LogP contribution in [0.5, 0.6) is 0 Å². The SMILES string of the molecule is CCCc1c(N)cc(N)c(CCC)c1C. The van der Waals surface area contributed by atoms with E-state index in [1.54, 1.807) is 0 Å². The van der Waals surface area contributed by atoms with Crippen molar-refractivity contribution in [2.75, 3.05) is 11.5 Å². The van der Waals surface area contributed by atoms with Crippen molar-refractivity contribution in [2.45, 2.75) is 46.5 Å². The molecule has 0 saturated carbocycles. The summed E-state index contributed by atoms with van der Waals surface area (Å²) in [6.07, 6.45) is 4.35. The van der Waals surface area contributed by atoms with E-state index in [2.05, 4.69) is 20.8 Å².